The highest BCUT2D eigenvalue weighted by atomic mass is 14.3. The maximum atomic E-state index is 2.54. The van der Waals surface area contributed by atoms with Gasteiger partial charge >= 0.3 is 0 Å². The van der Waals surface area contributed by atoms with Crippen LogP contribution in [0.3, 0.4) is 0 Å². The van der Waals surface area contributed by atoms with Gasteiger partial charge in [0.05, 0.1) is 0 Å². The Morgan fingerprint density at radius 3 is 1.95 bits per heavy atom. The van der Waals surface area contributed by atoms with Crippen LogP contribution in [0.5, 0.6) is 0 Å². The minimum atomic E-state index is 0.532. The quantitative estimate of drug-likeness (QED) is 0.373. The van der Waals surface area contributed by atoms with E-state index in [-0.39, 0.29) is 0 Å². The standard InChI is InChI=1S/C19H38/c1-8-12-19(7,13-9-2)14-11-17(6)15-18(10-3)16(4)5/h11,16,18H,8-10,12-15H2,1-7H3. The Balaban J connectivity index is 4.49. The van der Waals surface area contributed by atoms with Gasteiger partial charge in [-0.2, -0.15) is 0 Å². The zero-order valence-corrected chi connectivity index (χ0v) is 14.7. The van der Waals surface area contributed by atoms with Gasteiger partial charge in [-0.05, 0) is 49.9 Å². The molecule has 1 unspecified atom stereocenters. The van der Waals surface area contributed by atoms with Crippen LogP contribution in [0.2, 0.25) is 0 Å². The van der Waals surface area contributed by atoms with Crippen molar-refractivity contribution in [1.82, 2.24) is 0 Å². The van der Waals surface area contributed by atoms with E-state index in [1.807, 2.05) is 0 Å². The molecule has 0 saturated carbocycles. The third-order valence-corrected chi connectivity index (χ3v) is 4.70. The van der Waals surface area contributed by atoms with Gasteiger partial charge in [0.15, 0.2) is 0 Å². The Morgan fingerprint density at radius 1 is 1.05 bits per heavy atom. The zero-order valence-electron chi connectivity index (χ0n) is 14.7. The van der Waals surface area contributed by atoms with Gasteiger partial charge in [0.25, 0.3) is 0 Å². The van der Waals surface area contributed by atoms with Gasteiger partial charge < -0.3 is 0 Å². The van der Waals surface area contributed by atoms with Crippen molar-refractivity contribution in [2.45, 2.75) is 93.4 Å². The van der Waals surface area contributed by atoms with E-state index in [0.29, 0.717) is 5.41 Å². The molecule has 0 aliphatic rings. The molecule has 0 heterocycles. The fraction of sp³-hybridized carbons (Fsp3) is 0.895. The summed E-state index contributed by atoms with van der Waals surface area (Å²) in [6.07, 6.45) is 11.8. The maximum absolute atomic E-state index is 2.54. The summed E-state index contributed by atoms with van der Waals surface area (Å²) in [4.78, 5) is 0. The third-order valence-electron chi connectivity index (χ3n) is 4.70. The molecule has 0 spiro atoms. The van der Waals surface area contributed by atoms with Crippen LogP contribution in [0.15, 0.2) is 11.6 Å². The molecule has 0 saturated heterocycles. The van der Waals surface area contributed by atoms with Crippen molar-refractivity contribution >= 4 is 0 Å². The molecule has 0 radical (unpaired) electrons. The molecule has 0 rings (SSSR count). The second-order valence-corrected chi connectivity index (χ2v) is 7.18. The summed E-state index contributed by atoms with van der Waals surface area (Å²) in [5.41, 5.74) is 2.14. The third kappa shape index (κ3) is 7.80. The summed E-state index contributed by atoms with van der Waals surface area (Å²) in [6.45, 7) is 16.5. The molecule has 1 atom stereocenters. The van der Waals surface area contributed by atoms with Crippen molar-refractivity contribution in [2.24, 2.45) is 17.3 Å². The van der Waals surface area contributed by atoms with Crippen molar-refractivity contribution in [2.75, 3.05) is 0 Å². The number of hydrogen-bond acceptors (Lipinski definition) is 0. The molecule has 0 aromatic carbocycles. The van der Waals surface area contributed by atoms with Crippen molar-refractivity contribution in [3.05, 3.63) is 11.6 Å². The normalized spacial score (nSPS) is 15.1. The smallest absolute Gasteiger partial charge is 0.0291 e. The van der Waals surface area contributed by atoms with Crippen LogP contribution in [0.25, 0.3) is 0 Å². The van der Waals surface area contributed by atoms with E-state index < -0.39 is 0 Å². The molecule has 0 aromatic heterocycles. The minimum absolute atomic E-state index is 0.532. The summed E-state index contributed by atoms with van der Waals surface area (Å²) >= 11 is 0. The molecule has 0 aliphatic carbocycles. The van der Waals surface area contributed by atoms with E-state index in [9.17, 15) is 0 Å². The lowest BCUT2D eigenvalue weighted by atomic mass is 9.77. The Bertz CT molecular complexity index is 241. The molecule has 19 heavy (non-hydrogen) atoms. The zero-order chi connectivity index (χ0) is 14.9. The SMILES string of the molecule is CCCC(C)(CC=C(C)CC(CC)C(C)C)CCC. The number of rotatable bonds is 10. The van der Waals surface area contributed by atoms with Gasteiger partial charge in [0.1, 0.15) is 0 Å². The first-order valence-electron chi connectivity index (χ1n) is 8.54. The van der Waals surface area contributed by atoms with E-state index >= 15 is 0 Å². The first kappa shape index (κ1) is 18.7. The topological polar surface area (TPSA) is 0 Å². The molecular formula is C19H38. The van der Waals surface area contributed by atoms with Crippen LogP contribution in [0, 0.1) is 17.3 Å². The highest BCUT2D eigenvalue weighted by molar-refractivity contribution is 5.02. The Morgan fingerprint density at radius 2 is 1.58 bits per heavy atom. The van der Waals surface area contributed by atoms with E-state index in [4.69, 9.17) is 0 Å². The fourth-order valence-corrected chi connectivity index (χ4v) is 3.31. The second-order valence-electron chi connectivity index (χ2n) is 7.18. The lowest BCUT2D eigenvalue weighted by molar-refractivity contribution is 0.268. The Kier molecular flexibility index (Phi) is 9.48. The Labute approximate surface area is 123 Å². The lowest BCUT2D eigenvalue weighted by Crippen LogP contribution is -2.15. The van der Waals surface area contributed by atoms with Gasteiger partial charge in [-0.3, -0.25) is 0 Å². The van der Waals surface area contributed by atoms with Crippen LogP contribution < -0.4 is 0 Å². The molecule has 0 heteroatoms. The van der Waals surface area contributed by atoms with Crippen molar-refractivity contribution in [3.8, 4) is 0 Å². The maximum Gasteiger partial charge on any atom is -0.0291 e. The van der Waals surface area contributed by atoms with Crippen LogP contribution in [-0.2, 0) is 0 Å². The average Bonchev–Trinajstić information content (AvgIpc) is 2.34. The van der Waals surface area contributed by atoms with E-state index in [1.165, 1.54) is 44.9 Å². The van der Waals surface area contributed by atoms with Gasteiger partial charge in [-0.1, -0.05) is 72.5 Å². The van der Waals surface area contributed by atoms with Gasteiger partial charge in [-0.25, -0.2) is 0 Å². The summed E-state index contributed by atoms with van der Waals surface area (Å²) in [5.74, 6) is 1.67. The summed E-state index contributed by atoms with van der Waals surface area (Å²) < 4.78 is 0. The number of allylic oxidation sites excluding steroid dienone is 2. The largest absolute Gasteiger partial charge is 0.0851 e. The lowest BCUT2D eigenvalue weighted by Gasteiger charge is -2.28. The average molecular weight is 267 g/mol. The molecule has 0 aromatic rings. The van der Waals surface area contributed by atoms with E-state index in [1.54, 1.807) is 5.57 Å². The molecule has 0 N–H and O–H groups in total. The van der Waals surface area contributed by atoms with Crippen molar-refractivity contribution in [3.63, 3.8) is 0 Å². The summed E-state index contributed by atoms with van der Waals surface area (Å²) in [7, 11) is 0. The molecule has 114 valence electrons. The van der Waals surface area contributed by atoms with Gasteiger partial charge in [-0.15, -0.1) is 0 Å². The highest BCUT2D eigenvalue weighted by Crippen LogP contribution is 2.34. The molecule has 0 bridgehead atoms. The number of hydrogen-bond donors (Lipinski definition) is 0. The molecule has 0 fully saturated rings. The van der Waals surface area contributed by atoms with Crippen molar-refractivity contribution < 1.29 is 0 Å². The van der Waals surface area contributed by atoms with Crippen LogP contribution in [0.4, 0.5) is 0 Å². The fourth-order valence-electron chi connectivity index (χ4n) is 3.31. The van der Waals surface area contributed by atoms with E-state index in [2.05, 4.69) is 54.5 Å². The molecular weight excluding hydrogens is 228 g/mol. The van der Waals surface area contributed by atoms with Crippen LogP contribution in [0.1, 0.15) is 93.4 Å². The second kappa shape index (κ2) is 9.61. The predicted molar refractivity (Wildman–Crippen MR) is 89.5 cm³/mol. The molecule has 0 nitrogen and oxygen atoms in total. The predicted octanol–water partition coefficient (Wildman–Crippen LogP) is 7.00. The first-order valence-corrected chi connectivity index (χ1v) is 8.54. The minimum Gasteiger partial charge on any atom is -0.0851 e. The summed E-state index contributed by atoms with van der Waals surface area (Å²) in [6, 6.07) is 0. The Hall–Kier alpha value is -0.260. The van der Waals surface area contributed by atoms with Gasteiger partial charge in [0.2, 0.25) is 0 Å². The molecule has 0 amide bonds. The van der Waals surface area contributed by atoms with Gasteiger partial charge in [0, 0.05) is 0 Å². The first-order chi connectivity index (χ1) is 8.88. The molecule has 0 aliphatic heterocycles. The van der Waals surface area contributed by atoms with E-state index in [0.717, 1.165) is 11.8 Å². The monoisotopic (exact) mass is 266 g/mol. The van der Waals surface area contributed by atoms with Crippen LogP contribution >= 0.6 is 0 Å². The summed E-state index contributed by atoms with van der Waals surface area (Å²) in [5, 5.41) is 0. The van der Waals surface area contributed by atoms with Crippen LogP contribution in [-0.4, -0.2) is 0 Å². The highest BCUT2D eigenvalue weighted by Gasteiger charge is 2.21. The van der Waals surface area contributed by atoms with Crippen molar-refractivity contribution in [1.29, 1.82) is 0 Å².